The third kappa shape index (κ3) is 22.6. The van der Waals surface area contributed by atoms with Gasteiger partial charge in [-0.2, -0.15) is 0 Å². The minimum Gasteiger partial charge on any atom is -0.237 e. The Morgan fingerprint density at radius 1 is 0.456 bits per heavy atom. The highest BCUT2D eigenvalue weighted by Gasteiger charge is 2.40. The second-order valence-electron chi connectivity index (χ2n) is 18.5. The van der Waals surface area contributed by atoms with Gasteiger partial charge >= 0.3 is 0 Å². The molecule has 0 bridgehead atoms. The molecule has 0 aliphatic rings. The molecule has 0 saturated carbocycles. The van der Waals surface area contributed by atoms with Crippen LogP contribution in [0.1, 0.15) is 250 Å². The zero-order valence-electron chi connectivity index (χ0n) is 38.2. The van der Waals surface area contributed by atoms with Gasteiger partial charge in [-0.3, -0.25) is 0 Å². The molecular weight excluding hydrogens is 689 g/mol. The molecule has 2 aromatic carbocycles. The molecule has 322 valence electrons. The molecule has 1 aromatic heterocycles. The number of hydrogen-bond donors (Lipinski definition) is 0. The molecule has 0 amide bonds. The normalized spacial score (nSPS) is 13.2. The number of benzene rings is 2. The Labute approximate surface area is 355 Å². The SMILES string of the molecule is CCCCCCCCCCCCCCCCCCC(n1cc[n+](CCCCCCCCCCCCCCCCCC)c1)C(C)(Cc1ccccc1)c1ccccc1. The van der Waals surface area contributed by atoms with Gasteiger partial charge in [0.05, 0.1) is 6.54 Å². The van der Waals surface area contributed by atoms with Gasteiger partial charge < -0.3 is 0 Å². The van der Waals surface area contributed by atoms with Crippen LogP contribution in [0.25, 0.3) is 0 Å². The summed E-state index contributed by atoms with van der Waals surface area (Å²) in [4.78, 5) is 0. The van der Waals surface area contributed by atoms with Crippen molar-refractivity contribution in [3.63, 3.8) is 0 Å². The predicted molar refractivity (Wildman–Crippen MR) is 251 cm³/mol. The van der Waals surface area contributed by atoms with Crippen molar-refractivity contribution in [1.29, 1.82) is 0 Å². The van der Waals surface area contributed by atoms with Gasteiger partial charge in [0.2, 0.25) is 6.33 Å². The first-order chi connectivity index (χ1) is 28.2. The van der Waals surface area contributed by atoms with Crippen LogP contribution in [0.5, 0.6) is 0 Å². The van der Waals surface area contributed by atoms with Gasteiger partial charge in [-0.05, 0) is 43.2 Å². The zero-order valence-corrected chi connectivity index (χ0v) is 38.2. The number of aromatic nitrogens is 2. The first kappa shape index (κ1) is 49.0. The summed E-state index contributed by atoms with van der Waals surface area (Å²) in [7, 11) is 0. The van der Waals surface area contributed by atoms with Crippen molar-refractivity contribution in [3.05, 3.63) is 90.5 Å². The smallest absolute Gasteiger partial charge is 0.237 e. The summed E-state index contributed by atoms with van der Waals surface area (Å²) in [5, 5.41) is 0. The highest BCUT2D eigenvalue weighted by molar-refractivity contribution is 5.31. The van der Waals surface area contributed by atoms with E-state index in [1.54, 1.807) is 0 Å². The number of nitrogens with zero attached hydrogens (tertiary/aromatic N) is 2. The monoisotopic (exact) mass is 782 g/mol. The molecule has 0 saturated heterocycles. The molecule has 3 rings (SSSR count). The van der Waals surface area contributed by atoms with E-state index in [0.29, 0.717) is 6.04 Å². The van der Waals surface area contributed by atoms with E-state index < -0.39 is 0 Å². The summed E-state index contributed by atoms with van der Waals surface area (Å²) in [6, 6.07) is 23.1. The fraction of sp³-hybridized carbons (Fsp3) is 0.727. The van der Waals surface area contributed by atoms with Gasteiger partial charge in [-0.25, -0.2) is 9.13 Å². The maximum atomic E-state index is 2.60. The summed E-state index contributed by atoms with van der Waals surface area (Å²) in [5.41, 5.74) is 2.91. The van der Waals surface area contributed by atoms with E-state index in [-0.39, 0.29) is 5.41 Å². The topological polar surface area (TPSA) is 8.81 Å². The third-order valence-corrected chi connectivity index (χ3v) is 13.3. The van der Waals surface area contributed by atoms with Crippen LogP contribution >= 0.6 is 0 Å². The van der Waals surface area contributed by atoms with E-state index in [1.807, 2.05) is 0 Å². The van der Waals surface area contributed by atoms with Gasteiger partial charge in [-0.15, -0.1) is 0 Å². The van der Waals surface area contributed by atoms with Crippen molar-refractivity contribution >= 4 is 0 Å². The van der Waals surface area contributed by atoms with E-state index in [9.17, 15) is 0 Å². The number of imidazole rings is 1. The minimum atomic E-state index is 0.00319. The molecule has 0 aliphatic carbocycles. The maximum absolute atomic E-state index is 2.60. The van der Waals surface area contributed by atoms with Crippen LogP contribution in [0, 0.1) is 0 Å². The highest BCUT2D eigenvalue weighted by atomic mass is 15.1. The maximum Gasteiger partial charge on any atom is 0.244 e. The number of unbranched alkanes of at least 4 members (excludes halogenated alkanes) is 30. The summed E-state index contributed by atoms with van der Waals surface area (Å²) in [6.07, 6.45) is 55.0. The average molecular weight is 782 g/mol. The van der Waals surface area contributed by atoms with E-state index in [2.05, 4.69) is 109 Å². The molecule has 0 spiro atoms. The van der Waals surface area contributed by atoms with Crippen LogP contribution in [-0.2, 0) is 18.4 Å². The van der Waals surface area contributed by atoms with Gasteiger partial charge in [0.25, 0.3) is 0 Å². The fourth-order valence-electron chi connectivity index (χ4n) is 9.50. The number of hydrogen-bond acceptors (Lipinski definition) is 0. The average Bonchev–Trinajstić information content (AvgIpc) is 3.70. The molecule has 0 aliphatic heterocycles. The molecule has 0 N–H and O–H groups in total. The molecule has 0 fully saturated rings. The van der Waals surface area contributed by atoms with Crippen molar-refractivity contribution < 1.29 is 4.57 Å². The van der Waals surface area contributed by atoms with Crippen LogP contribution in [0.4, 0.5) is 0 Å². The molecule has 2 heteroatoms. The molecule has 2 atom stereocenters. The lowest BCUT2D eigenvalue weighted by molar-refractivity contribution is -0.697. The lowest BCUT2D eigenvalue weighted by Crippen LogP contribution is -2.38. The zero-order chi connectivity index (χ0) is 40.3. The second-order valence-corrected chi connectivity index (χ2v) is 18.5. The van der Waals surface area contributed by atoms with E-state index in [4.69, 9.17) is 0 Å². The molecule has 57 heavy (non-hydrogen) atoms. The largest absolute Gasteiger partial charge is 0.244 e. The van der Waals surface area contributed by atoms with Gasteiger partial charge in [-0.1, -0.05) is 268 Å². The molecule has 2 nitrogen and oxygen atoms in total. The first-order valence-corrected chi connectivity index (χ1v) is 25.3. The molecule has 0 radical (unpaired) electrons. The Hall–Kier alpha value is -2.35. The van der Waals surface area contributed by atoms with Crippen molar-refractivity contribution in [3.8, 4) is 0 Å². The van der Waals surface area contributed by atoms with Gasteiger partial charge in [0.1, 0.15) is 18.4 Å². The second kappa shape index (κ2) is 33.5. The predicted octanol–water partition coefficient (Wildman–Crippen LogP) is 17.4. The Morgan fingerprint density at radius 2 is 0.825 bits per heavy atom. The fourth-order valence-corrected chi connectivity index (χ4v) is 9.50. The van der Waals surface area contributed by atoms with E-state index >= 15 is 0 Å². The lowest BCUT2D eigenvalue weighted by atomic mass is 9.70. The summed E-state index contributed by atoms with van der Waals surface area (Å²) < 4.78 is 5.09. The summed E-state index contributed by atoms with van der Waals surface area (Å²) in [5.74, 6) is 0. The van der Waals surface area contributed by atoms with Crippen LogP contribution in [0.3, 0.4) is 0 Å². The number of aryl methyl sites for hydroxylation is 1. The lowest BCUT2D eigenvalue weighted by Gasteiger charge is -2.37. The third-order valence-electron chi connectivity index (χ3n) is 13.3. The first-order valence-electron chi connectivity index (χ1n) is 25.3. The van der Waals surface area contributed by atoms with Crippen molar-refractivity contribution in [2.75, 3.05) is 0 Å². The van der Waals surface area contributed by atoms with Crippen LogP contribution in [-0.4, -0.2) is 4.57 Å². The molecule has 2 unspecified atom stereocenters. The molecule has 1 heterocycles. The Balaban J connectivity index is 1.41. The standard InChI is InChI=1S/C55H93N2/c1-4-6-8-10-12-14-16-18-20-22-24-26-28-30-32-40-46-54(55(3,53-44-38-35-39-45-53)50-52-42-36-34-37-43-52)57-49-48-56(51-57)47-41-33-31-29-27-25-23-21-19-17-15-13-11-9-7-5-2/h34-39,42-45,48-49,51,54H,4-33,40-41,46-47,50H2,1-3H3/q+1. The van der Waals surface area contributed by atoms with Crippen LogP contribution in [0.2, 0.25) is 0 Å². The molecular formula is C55H93N2+. The van der Waals surface area contributed by atoms with Crippen molar-refractivity contribution in [2.24, 2.45) is 0 Å². The van der Waals surface area contributed by atoms with E-state index in [0.717, 1.165) is 13.0 Å². The minimum absolute atomic E-state index is 0.00319. The Morgan fingerprint density at radius 3 is 1.25 bits per heavy atom. The van der Waals surface area contributed by atoms with Gasteiger partial charge in [0.15, 0.2) is 0 Å². The van der Waals surface area contributed by atoms with E-state index in [1.165, 1.54) is 223 Å². The Kier molecular flexibility index (Phi) is 28.8. The van der Waals surface area contributed by atoms with Crippen molar-refractivity contribution in [1.82, 2.24) is 4.57 Å². The summed E-state index contributed by atoms with van der Waals surface area (Å²) >= 11 is 0. The quantitative estimate of drug-likeness (QED) is 0.0403. The van der Waals surface area contributed by atoms with Crippen LogP contribution in [0.15, 0.2) is 79.4 Å². The number of rotatable bonds is 39. The van der Waals surface area contributed by atoms with Gasteiger partial charge in [0, 0.05) is 5.41 Å². The Bertz CT molecular complexity index is 1280. The highest BCUT2D eigenvalue weighted by Crippen LogP contribution is 2.42. The summed E-state index contributed by atoms with van der Waals surface area (Å²) in [6.45, 7) is 8.31. The van der Waals surface area contributed by atoms with Crippen molar-refractivity contribution in [2.45, 2.75) is 257 Å². The molecule has 3 aromatic rings. The van der Waals surface area contributed by atoms with Crippen LogP contribution < -0.4 is 4.57 Å².